The van der Waals surface area contributed by atoms with Crippen molar-refractivity contribution in [2.45, 2.75) is 51.4 Å². The number of carbonyl (C=O) groups is 1. The molecule has 0 bridgehead atoms. The molecule has 0 heterocycles. The van der Waals surface area contributed by atoms with Crippen molar-refractivity contribution in [3.63, 3.8) is 0 Å². The third-order valence-corrected chi connectivity index (χ3v) is 4.05. The van der Waals surface area contributed by atoms with Gasteiger partial charge in [0.05, 0.1) is 5.92 Å². The number of carboxylic acid groups (broad SMARTS) is 1. The van der Waals surface area contributed by atoms with E-state index < -0.39 is 5.97 Å². The van der Waals surface area contributed by atoms with Gasteiger partial charge in [-0.2, -0.15) is 0 Å². The molecular weight excluding hydrogens is 224 g/mol. The fourth-order valence-corrected chi connectivity index (χ4v) is 2.85. The van der Waals surface area contributed by atoms with Gasteiger partial charge < -0.3 is 5.11 Å². The molecular formula is C16H22O2. The Bertz CT molecular complexity index is 394. The molecule has 1 fully saturated rings. The molecule has 2 nitrogen and oxygen atoms in total. The number of hydrogen-bond acceptors (Lipinski definition) is 1. The Balaban J connectivity index is 1.96. The zero-order valence-electron chi connectivity index (χ0n) is 11.1. The quantitative estimate of drug-likeness (QED) is 0.852. The zero-order chi connectivity index (χ0) is 13.0. The number of aliphatic carboxylic acids is 1. The molecule has 1 aromatic carbocycles. The largest absolute Gasteiger partial charge is 0.481 e. The van der Waals surface area contributed by atoms with E-state index in [9.17, 15) is 4.79 Å². The topological polar surface area (TPSA) is 37.3 Å². The highest BCUT2D eigenvalue weighted by Gasteiger charge is 2.30. The standard InChI is InChI=1S/C16H22O2/c1-2-3-4-12-5-7-13(8-6-12)14-9-10-15(11-14)16(17)18/h5-8,14-15H,2-4,9-11H2,1H3,(H,17,18). The minimum absolute atomic E-state index is 0.130. The van der Waals surface area contributed by atoms with E-state index >= 15 is 0 Å². The minimum atomic E-state index is -0.628. The van der Waals surface area contributed by atoms with Crippen LogP contribution in [-0.4, -0.2) is 11.1 Å². The fraction of sp³-hybridized carbons (Fsp3) is 0.562. The van der Waals surface area contributed by atoms with Crippen LogP contribution in [0.1, 0.15) is 56.1 Å². The van der Waals surface area contributed by atoms with Crippen LogP contribution in [0.4, 0.5) is 0 Å². The van der Waals surface area contributed by atoms with E-state index in [0.717, 1.165) is 25.7 Å². The van der Waals surface area contributed by atoms with E-state index in [2.05, 4.69) is 31.2 Å². The van der Waals surface area contributed by atoms with Crippen LogP contribution in [0, 0.1) is 5.92 Å². The predicted octanol–water partition coefficient (Wildman–Crippen LogP) is 4.00. The molecule has 18 heavy (non-hydrogen) atoms. The van der Waals surface area contributed by atoms with Gasteiger partial charge in [-0.25, -0.2) is 0 Å². The molecule has 2 atom stereocenters. The summed E-state index contributed by atoms with van der Waals surface area (Å²) < 4.78 is 0. The third kappa shape index (κ3) is 3.12. The summed E-state index contributed by atoms with van der Waals surface area (Å²) in [5, 5.41) is 9.02. The van der Waals surface area contributed by atoms with Crippen LogP contribution in [0.15, 0.2) is 24.3 Å². The van der Waals surface area contributed by atoms with Crippen LogP contribution in [0.25, 0.3) is 0 Å². The van der Waals surface area contributed by atoms with Crippen molar-refractivity contribution >= 4 is 5.97 Å². The highest BCUT2D eigenvalue weighted by Crippen LogP contribution is 2.38. The Hall–Kier alpha value is -1.31. The number of rotatable bonds is 5. The van der Waals surface area contributed by atoms with Crippen LogP contribution in [0.2, 0.25) is 0 Å². The molecule has 1 aliphatic carbocycles. The maximum Gasteiger partial charge on any atom is 0.306 e. The first-order chi connectivity index (χ1) is 8.70. The second-order valence-corrected chi connectivity index (χ2v) is 5.39. The van der Waals surface area contributed by atoms with Crippen molar-refractivity contribution in [2.24, 2.45) is 5.92 Å². The van der Waals surface area contributed by atoms with Gasteiger partial charge in [-0.1, -0.05) is 37.6 Å². The van der Waals surface area contributed by atoms with Gasteiger partial charge in [-0.15, -0.1) is 0 Å². The van der Waals surface area contributed by atoms with E-state index in [4.69, 9.17) is 5.11 Å². The summed E-state index contributed by atoms with van der Waals surface area (Å²) >= 11 is 0. The number of unbranched alkanes of at least 4 members (excludes halogenated alkanes) is 1. The first kappa shape index (κ1) is 13.1. The molecule has 0 aliphatic heterocycles. The number of benzene rings is 1. The van der Waals surface area contributed by atoms with Gasteiger partial charge in [0.1, 0.15) is 0 Å². The Morgan fingerprint density at radius 3 is 2.56 bits per heavy atom. The maximum absolute atomic E-state index is 11.0. The highest BCUT2D eigenvalue weighted by molar-refractivity contribution is 5.70. The summed E-state index contributed by atoms with van der Waals surface area (Å²) in [4.78, 5) is 11.0. The van der Waals surface area contributed by atoms with Gasteiger partial charge >= 0.3 is 5.97 Å². The van der Waals surface area contributed by atoms with E-state index in [1.807, 2.05) is 0 Å². The van der Waals surface area contributed by atoms with Crippen molar-refractivity contribution in [2.75, 3.05) is 0 Å². The molecule has 0 spiro atoms. The number of aryl methyl sites for hydroxylation is 1. The summed E-state index contributed by atoms with van der Waals surface area (Å²) in [6.45, 7) is 2.21. The zero-order valence-corrected chi connectivity index (χ0v) is 11.1. The summed E-state index contributed by atoms with van der Waals surface area (Å²) in [6, 6.07) is 8.80. The average molecular weight is 246 g/mol. The highest BCUT2D eigenvalue weighted by atomic mass is 16.4. The molecule has 2 unspecified atom stereocenters. The lowest BCUT2D eigenvalue weighted by Crippen LogP contribution is -2.09. The van der Waals surface area contributed by atoms with Crippen molar-refractivity contribution in [3.8, 4) is 0 Å². The average Bonchev–Trinajstić information content (AvgIpc) is 2.87. The van der Waals surface area contributed by atoms with Crippen LogP contribution in [0.5, 0.6) is 0 Å². The molecule has 1 aliphatic rings. The molecule has 98 valence electrons. The monoisotopic (exact) mass is 246 g/mol. The van der Waals surface area contributed by atoms with E-state index in [0.29, 0.717) is 5.92 Å². The maximum atomic E-state index is 11.0. The normalized spacial score (nSPS) is 23.2. The lowest BCUT2D eigenvalue weighted by Gasteiger charge is -2.11. The molecule has 2 heteroatoms. The number of hydrogen-bond donors (Lipinski definition) is 1. The van der Waals surface area contributed by atoms with E-state index in [-0.39, 0.29) is 5.92 Å². The van der Waals surface area contributed by atoms with Crippen molar-refractivity contribution < 1.29 is 9.90 Å². The van der Waals surface area contributed by atoms with Gasteiger partial charge in [0.2, 0.25) is 0 Å². The van der Waals surface area contributed by atoms with Gasteiger partial charge in [0.15, 0.2) is 0 Å². The fourth-order valence-electron chi connectivity index (χ4n) is 2.85. The summed E-state index contributed by atoms with van der Waals surface area (Å²) in [7, 11) is 0. The van der Waals surface area contributed by atoms with Crippen LogP contribution in [0.3, 0.4) is 0 Å². The SMILES string of the molecule is CCCCc1ccc(C2CCC(C(=O)O)C2)cc1. The molecule has 1 saturated carbocycles. The molecule has 1 aromatic rings. The van der Waals surface area contributed by atoms with E-state index in [1.165, 1.54) is 24.0 Å². The molecule has 0 amide bonds. The van der Waals surface area contributed by atoms with E-state index in [1.54, 1.807) is 0 Å². The molecule has 0 radical (unpaired) electrons. The van der Waals surface area contributed by atoms with Crippen LogP contribution >= 0.6 is 0 Å². The predicted molar refractivity (Wildman–Crippen MR) is 72.8 cm³/mol. The van der Waals surface area contributed by atoms with Gasteiger partial charge in [-0.3, -0.25) is 4.79 Å². The first-order valence-corrected chi connectivity index (χ1v) is 7.02. The van der Waals surface area contributed by atoms with Gasteiger partial charge in [-0.05, 0) is 49.1 Å². The van der Waals surface area contributed by atoms with Crippen LogP contribution < -0.4 is 0 Å². The lowest BCUT2D eigenvalue weighted by atomic mass is 9.94. The van der Waals surface area contributed by atoms with Crippen LogP contribution in [-0.2, 0) is 11.2 Å². The molecule has 0 saturated heterocycles. The first-order valence-electron chi connectivity index (χ1n) is 7.02. The second-order valence-electron chi connectivity index (χ2n) is 5.39. The van der Waals surface area contributed by atoms with Gasteiger partial charge in [0.25, 0.3) is 0 Å². The Labute approximate surface area is 109 Å². The Morgan fingerprint density at radius 2 is 2.00 bits per heavy atom. The Kier molecular flexibility index (Phi) is 4.40. The second kappa shape index (κ2) is 6.03. The summed E-state index contributed by atoms with van der Waals surface area (Å²) in [5.41, 5.74) is 2.72. The summed E-state index contributed by atoms with van der Waals surface area (Å²) in [6.07, 6.45) is 6.28. The van der Waals surface area contributed by atoms with Crippen molar-refractivity contribution in [1.82, 2.24) is 0 Å². The third-order valence-electron chi connectivity index (χ3n) is 4.05. The number of carboxylic acids is 1. The molecule has 2 rings (SSSR count). The Morgan fingerprint density at radius 1 is 1.28 bits per heavy atom. The molecule has 1 N–H and O–H groups in total. The smallest absolute Gasteiger partial charge is 0.306 e. The minimum Gasteiger partial charge on any atom is -0.481 e. The summed E-state index contributed by atoms with van der Waals surface area (Å²) in [5.74, 6) is -0.307. The van der Waals surface area contributed by atoms with Crippen molar-refractivity contribution in [1.29, 1.82) is 0 Å². The van der Waals surface area contributed by atoms with Gasteiger partial charge in [0, 0.05) is 0 Å². The lowest BCUT2D eigenvalue weighted by molar-refractivity contribution is -0.141. The van der Waals surface area contributed by atoms with Crippen molar-refractivity contribution in [3.05, 3.63) is 35.4 Å². The molecule has 0 aromatic heterocycles.